The van der Waals surface area contributed by atoms with E-state index in [1.54, 1.807) is 0 Å². The molecule has 166 valence electrons. The number of hydrogen-bond donors (Lipinski definition) is 2. The van der Waals surface area contributed by atoms with Gasteiger partial charge in [0.25, 0.3) is 0 Å². The van der Waals surface area contributed by atoms with E-state index in [1.807, 2.05) is 0 Å². The van der Waals surface area contributed by atoms with Crippen LogP contribution in [0.1, 0.15) is 0 Å². The molecule has 2 aromatic carbocycles. The van der Waals surface area contributed by atoms with Gasteiger partial charge in [0, 0.05) is 0 Å². The Balaban J connectivity index is 3.18. The molecule has 0 heterocycles. The van der Waals surface area contributed by atoms with E-state index in [0.717, 1.165) is 0 Å². The second-order valence-corrected chi connectivity index (χ2v) is 5.71. The maximum absolute atomic E-state index is 11.1. The number of methoxy groups -OCH3 is 8. The second kappa shape index (κ2) is 9.29. The number of phenolic OH excluding ortho intramolecular Hbond substituents is 2. The highest BCUT2D eigenvalue weighted by atomic mass is 16.6. The molecule has 10 nitrogen and oxygen atoms in total. The largest absolute Gasteiger partial charge is 0.504 e. The summed E-state index contributed by atoms with van der Waals surface area (Å²) in [5, 5.41) is 22.1. The van der Waals surface area contributed by atoms with Crippen molar-refractivity contribution in [3.8, 4) is 68.6 Å². The number of phenols is 2. The van der Waals surface area contributed by atoms with E-state index in [1.165, 1.54) is 56.9 Å². The summed E-state index contributed by atoms with van der Waals surface area (Å²) in [6, 6.07) is 0. The molecule has 0 aliphatic rings. The molecule has 0 bridgehead atoms. The van der Waals surface area contributed by atoms with Gasteiger partial charge in [-0.15, -0.1) is 0 Å². The molecule has 0 fully saturated rings. The average Bonchev–Trinajstić information content (AvgIpc) is 2.77. The van der Waals surface area contributed by atoms with Crippen LogP contribution in [-0.4, -0.2) is 67.1 Å². The van der Waals surface area contributed by atoms with Crippen LogP contribution in [0, 0.1) is 0 Å². The fourth-order valence-corrected chi connectivity index (χ4v) is 3.27. The van der Waals surface area contributed by atoms with Crippen molar-refractivity contribution >= 4 is 0 Å². The van der Waals surface area contributed by atoms with E-state index in [-0.39, 0.29) is 57.1 Å². The first-order valence-corrected chi connectivity index (χ1v) is 8.60. The molecule has 10 heteroatoms. The summed E-state index contributed by atoms with van der Waals surface area (Å²) in [7, 11) is 11.0. The van der Waals surface area contributed by atoms with Crippen LogP contribution in [0.2, 0.25) is 0 Å². The molecule has 0 atom stereocenters. The Hall–Kier alpha value is -3.56. The molecule has 2 aromatic rings. The van der Waals surface area contributed by atoms with Gasteiger partial charge in [0.1, 0.15) is 0 Å². The minimum atomic E-state index is -0.394. The molecule has 0 aliphatic heterocycles. The summed E-state index contributed by atoms with van der Waals surface area (Å²) in [6.45, 7) is 0. The molecule has 0 saturated heterocycles. The highest BCUT2D eigenvalue weighted by Gasteiger charge is 2.36. The molecule has 2 N–H and O–H groups in total. The Bertz CT molecular complexity index is 848. The fourth-order valence-electron chi connectivity index (χ4n) is 3.27. The zero-order valence-electron chi connectivity index (χ0n) is 18.2. The van der Waals surface area contributed by atoms with Gasteiger partial charge < -0.3 is 48.1 Å². The van der Waals surface area contributed by atoms with Crippen molar-refractivity contribution in [1.29, 1.82) is 0 Å². The van der Waals surface area contributed by atoms with Crippen LogP contribution in [0.5, 0.6) is 57.5 Å². The number of rotatable bonds is 9. The van der Waals surface area contributed by atoms with Gasteiger partial charge >= 0.3 is 0 Å². The predicted molar refractivity (Wildman–Crippen MR) is 108 cm³/mol. The fraction of sp³-hybridized carbons (Fsp3) is 0.400. The van der Waals surface area contributed by atoms with Crippen LogP contribution in [0.25, 0.3) is 11.1 Å². The molecule has 30 heavy (non-hydrogen) atoms. The predicted octanol–water partition coefficient (Wildman–Crippen LogP) is 2.83. The van der Waals surface area contributed by atoms with Crippen molar-refractivity contribution in [3.63, 3.8) is 0 Å². The molecule has 0 amide bonds. The van der Waals surface area contributed by atoms with Crippen molar-refractivity contribution in [1.82, 2.24) is 0 Å². The molecule has 0 saturated carbocycles. The van der Waals surface area contributed by atoms with Crippen molar-refractivity contribution in [2.24, 2.45) is 0 Å². The van der Waals surface area contributed by atoms with E-state index in [2.05, 4.69) is 0 Å². The standard InChI is InChI=1S/C20H26O10/c1-23-13-9(11(21)15(25-3)19(29-7)17(13)27-5)10-12(22)16(26-4)20(30-8)18(28-6)14(10)24-2/h21-22H,1-8H3. The lowest BCUT2D eigenvalue weighted by Crippen LogP contribution is -2.04. The quantitative estimate of drug-likeness (QED) is 0.620. The summed E-state index contributed by atoms with van der Waals surface area (Å²) in [5.74, 6) is -0.316. The number of hydrogen-bond acceptors (Lipinski definition) is 10. The molecule has 0 radical (unpaired) electrons. The first-order valence-electron chi connectivity index (χ1n) is 8.60. The highest BCUT2D eigenvalue weighted by Crippen LogP contribution is 2.63. The van der Waals surface area contributed by atoms with E-state index in [9.17, 15) is 10.2 Å². The summed E-state index contributed by atoms with van der Waals surface area (Å²) in [4.78, 5) is 0. The Morgan fingerprint density at radius 1 is 0.333 bits per heavy atom. The van der Waals surface area contributed by atoms with E-state index < -0.39 is 11.5 Å². The van der Waals surface area contributed by atoms with Crippen molar-refractivity contribution in [3.05, 3.63) is 0 Å². The monoisotopic (exact) mass is 426 g/mol. The summed E-state index contributed by atoms with van der Waals surface area (Å²) in [6.07, 6.45) is 0. The van der Waals surface area contributed by atoms with Crippen LogP contribution in [0.3, 0.4) is 0 Å². The third-order valence-corrected chi connectivity index (χ3v) is 4.48. The lowest BCUT2D eigenvalue weighted by atomic mass is 9.97. The lowest BCUT2D eigenvalue weighted by molar-refractivity contribution is 0.291. The zero-order chi connectivity index (χ0) is 22.6. The maximum Gasteiger partial charge on any atom is 0.211 e. The molecule has 0 aromatic heterocycles. The first-order chi connectivity index (χ1) is 14.4. The van der Waals surface area contributed by atoms with Gasteiger partial charge in [-0.05, 0) is 0 Å². The average molecular weight is 426 g/mol. The Kier molecular flexibility index (Phi) is 7.04. The summed E-state index contributed by atoms with van der Waals surface area (Å²) >= 11 is 0. The smallest absolute Gasteiger partial charge is 0.211 e. The Labute approximate surface area is 174 Å². The summed E-state index contributed by atoms with van der Waals surface area (Å²) < 4.78 is 43.2. The normalized spacial score (nSPS) is 10.3. The molecular formula is C20H26O10. The second-order valence-electron chi connectivity index (χ2n) is 5.71. The SMILES string of the molecule is COc1c(O)c(-c2c(O)c(OC)c(OC)c(OC)c2OC)c(OC)c(OC)c1OC. The van der Waals surface area contributed by atoms with Crippen molar-refractivity contribution < 1.29 is 48.1 Å². The third-order valence-electron chi connectivity index (χ3n) is 4.48. The molecule has 2 rings (SSSR count). The van der Waals surface area contributed by atoms with Crippen LogP contribution in [0.4, 0.5) is 0 Å². The van der Waals surface area contributed by atoms with Gasteiger partial charge in [-0.3, -0.25) is 0 Å². The van der Waals surface area contributed by atoms with Crippen molar-refractivity contribution in [2.75, 3.05) is 56.9 Å². The molecule has 0 spiro atoms. The lowest BCUT2D eigenvalue weighted by Gasteiger charge is -2.24. The summed E-state index contributed by atoms with van der Waals surface area (Å²) in [5.41, 5.74) is 0.00112. The topological polar surface area (TPSA) is 114 Å². The molecule has 0 aliphatic carbocycles. The minimum absolute atomic E-state index is 0.000558. The third kappa shape index (κ3) is 3.23. The molecule has 0 unspecified atom stereocenters. The van der Waals surface area contributed by atoms with Crippen LogP contribution >= 0.6 is 0 Å². The van der Waals surface area contributed by atoms with E-state index in [0.29, 0.717) is 0 Å². The van der Waals surface area contributed by atoms with Crippen LogP contribution < -0.4 is 37.9 Å². The highest BCUT2D eigenvalue weighted by molar-refractivity contribution is 5.95. The maximum atomic E-state index is 11.1. The number of ether oxygens (including phenoxy) is 8. The van der Waals surface area contributed by atoms with Gasteiger partial charge in [0.05, 0.1) is 68.0 Å². The van der Waals surface area contributed by atoms with Gasteiger partial charge in [-0.1, -0.05) is 0 Å². The van der Waals surface area contributed by atoms with E-state index >= 15 is 0 Å². The zero-order valence-corrected chi connectivity index (χ0v) is 18.2. The van der Waals surface area contributed by atoms with Gasteiger partial charge in [-0.2, -0.15) is 0 Å². The van der Waals surface area contributed by atoms with Crippen LogP contribution in [0.15, 0.2) is 0 Å². The number of benzene rings is 2. The van der Waals surface area contributed by atoms with Gasteiger partial charge in [0.15, 0.2) is 23.0 Å². The van der Waals surface area contributed by atoms with Gasteiger partial charge in [-0.25, -0.2) is 0 Å². The number of aromatic hydroxyl groups is 2. The minimum Gasteiger partial charge on any atom is -0.504 e. The van der Waals surface area contributed by atoms with Gasteiger partial charge in [0.2, 0.25) is 34.5 Å². The Morgan fingerprint density at radius 3 is 0.733 bits per heavy atom. The Morgan fingerprint density at radius 2 is 0.533 bits per heavy atom. The van der Waals surface area contributed by atoms with E-state index in [4.69, 9.17) is 37.9 Å². The van der Waals surface area contributed by atoms with Crippen LogP contribution in [-0.2, 0) is 0 Å². The first kappa shape index (κ1) is 22.7. The van der Waals surface area contributed by atoms with Crippen molar-refractivity contribution in [2.45, 2.75) is 0 Å². The molecular weight excluding hydrogens is 400 g/mol.